The molecule has 0 bridgehead atoms. The van der Waals surface area contributed by atoms with Crippen LogP contribution in [0.15, 0.2) is 73.1 Å². The van der Waals surface area contributed by atoms with Gasteiger partial charge in [0.15, 0.2) is 0 Å². The third kappa shape index (κ3) is 6.16. The van der Waals surface area contributed by atoms with Gasteiger partial charge in [0.05, 0.1) is 12.8 Å². The Bertz CT molecular complexity index is 885. The Labute approximate surface area is 150 Å². The minimum absolute atomic E-state index is 0.0415. The van der Waals surface area contributed by atoms with Crippen molar-refractivity contribution in [1.29, 1.82) is 0 Å². The molecular formula is C20H20N2O4. The smallest absolute Gasteiger partial charge is 0.307 e. The summed E-state index contributed by atoms with van der Waals surface area (Å²) in [4.78, 5) is 23.7. The van der Waals surface area contributed by atoms with E-state index in [0.717, 1.165) is 22.2 Å². The number of rotatable bonds is 6. The molecule has 0 fully saturated rings. The summed E-state index contributed by atoms with van der Waals surface area (Å²) in [6.07, 6.45) is 5.06. The van der Waals surface area contributed by atoms with E-state index in [1.165, 1.54) is 0 Å². The van der Waals surface area contributed by atoms with Crippen molar-refractivity contribution in [2.75, 3.05) is 5.32 Å². The van der Waals surface area contributed by atoms with Crippen molar-refractivity contribution in [3.63, 3.8) is 0 Å². The number of H-pyrrole nitrogens is 1. The van der Waals surface area contributed by atoms with E-state index in [-0.39, 0.29) is 12.8 Å². The largest absolute Gasteiger partial charge is 0.481 e. The number of fused-ring (bicyclic) bond motifs is 1. The quantitative estimate of drug-likeness (QED) is 0.539. The molecule has 0 saturated heterocycles. The summed E-state index contributed by atoms with van der Waals surface area (Å²) in [5.41, 5.74) is 2.77. The topological polar surface area (TPSA) is 102 Å². The molecule has 6 heteroatoms. The third-order valence-electron chi connectivity index (χ3n) is 3.45. The molecule has 0 radical (unpaired) electrons. The number of hydrogen-bond donors (Lipinski definition) is 4. The van der Waals surface area contributed by atoms with E-state index >= 15 is 0 Å². The van der Waals surface area contributed by atoms with Crippen molar-refractivity contribution >= 4 is 28.5 Å². The molecule has 4 N–H and O–H groups in total. The van der Waals surface area contributed by atoms with E-state index in [1.807, 2.05) is 54.6 Å². The van der Waals surface area contributed by atoms with Crippen LogP contribution >= 0.6 is 0 Å². The molecule has 0 aliphatic heterocycles. The van der Waals surface area contributed by atoms with Gasteiger partial charge in [-0.05, 0) is 30.0 Å². The Morgan fingerprint density at radius 3 is 2.35 bits per heavy atom. The predicted molar refractivity (Wildman–Crippen MR) is 101 cm³/mol. The SMILES string of the molecule is O=C(O)CC=CNc1ccccc1.O=C(O)Cc1c[nH]c2ccccc12. The number of anilines is 1. The predicted octanol–water partition coefficient (Wildman–Crippen LogP) is 3.88. The highest BCUT2D eigenvalue weighted by molar-refractivity contribution is 5.86. The molecule has 0 unspecified atom stereocenters. The van der Waals surface area contributed by atoms with E-state index in [1.54, 1.807) is 18.5 Å². The van der Waals surface area contributed by atoms with E-state index in [9.17, 15) is 9.59 Å². The maximum absolute atomic E-state index is 10.5. The molecule has 2 aromatic carbocycles. The summed E-state index contributed by atoms with van der Waals surface area (Å²) in [7, 11) is 0. The third-order valence-corrected chi connectivity index (χ3v) is 3.45. The zero-order valence-corrected chi connectivity index (χ0v) is 14.1. The van der Waals surface area contributed by atoms with Gasteiger partial charge < -0.3 is 20.5 Å². The summed E-state index contributed by atoms with van der Waals surface area (Å²) >= 11 is 0. The van der Waals surface area contributed by atoms with Crippen LogP contribution in [0.5, 0.6) is 0 Å². The second-order valence-electron chi connectivity index (χ2n) is 5.44. The zero-order chi connectivity index (χ0) is 18.8. The minimum Gasteiger partial charge on any atom is -0.481 e. The van der Waals surface area contributed by atoms with Crippen molar-refractivity contribution in [1.82, 2.24) is 4.98 Å². The molecule has 0 amide bonds. The molecule has 3 rings (SSSR count). The van der Waals surface area contributed by atoms with Crippen molar-refractivity contribution < 1.29 is 19.8 Å². The maximum atomic E-state index is 10.5. The molecule has 0 aliphatic rings. The number of para-hydroxylation sites is 2. The number of nitrogens with one attached hydrogen (secondary N) is 2. The van der Waals surface area contributed by atoms with Gasteiger partial charge in [0.2, 0.25) is 0 Å². The van der Waals surface area contributed by atoms with Gasteiger partial charge in [-0.15, -0.1) is 0 Å². The fourth-order valence-electron chi connectivity index (χ4n) is 2.29. The van der Waals surface area contributed by atoms with E-state index in [2.05, 4.69) is 10.3 Å². The Morgan fingerprint density at radius 1 is 0.962 bits per heavy atom. The average molecular weight is 352 g/mol. The van der Waals surface area contributed by atoms with Gasteiger partial charge in [-0.3, -0.25) is 9.59 Å². The number of aromatic nitrogens is 1. The standard InChI is InChI=1S/C10H9NO2.C10H11NO2/c12-10(13)5-7-6-11-9-4-2-1-3-8(7)9;12-10(13)7-4-8-11-9-5-2-1-3-6-9/h1-4,6,11H,5H2,(H,12,13);1-6,8,11H,7H2,(H,12,13). The molecule has 6 nitrogen and oxygen atoms in total. The number of aliphatic carboxylic acids is 2. The lowest BCUT2D eigenvalue weighted by Gasteiger charge is -1.97. The molecule has 3 aromatic rings. The van der Waals surface area contributed by atoms with Crippen molar-refractivity contribution in [2.45, 2.75) is 12.8 Å². The monoisotopic (exact) mass is 352 g/mol. The second kappa shape index (κ2) is 9.68. The van der Waals surface area contributed by atoms with Gasteiger partial charge in [-0.2, -0.15) is 0 Å². The molecule has 26 heavy (non-hydrogen) atoms. The second-order valence-corrected chi connectivity index (χ2v) is 5.44. The number of carbonyl (C=O) groups is 2. The molecule has 0 aliphatic carbocycles. The molecule has 0 atom stereocenters. The van der Waals surface area contributed by atoms with Crippen LogP contribution in [0.2, 0.25) is 0 Å². The summed E-state index contributed by atoms with van der Waals surface area (Å²) in [5, 5.41) is 20.9. The Hall–Kier alpha value is -3.54. The lowest BCUT2D eigenvalue weighted by molar-refractivity contribution is -0.137. The minimum atomic E-state index is -0.828. The first kappa shape index (κ1) is 18.8. The van der Waals surface area contributed by atoms with Gasteiger partial charge in [0.25, 0.3) is 0 Å². The molecule has 1 aromatic heterocycles. The number of carboxylic acids is 2. The number of aromatic amines is 1. The van der Waals surface area contributed by atoms with Gasteiger partial charge in [0.1, 0.15) is 0 Å². The van der Waals surface area contributed by atoms with Crippen LogP contribution in [-0.4, -0.2) is 27.1 Å². The fraction of sp³-hybridized carbons (Fsp3) is 0.100. The van der Waals surface area contributed by atoms with E-state index < -0.39 is 11.9 Å². The van der Waals surface area contributed by atoms with Gasteiger partial charge in [-0.25, -0.2) is 0 Å². The van der Waals surface area contributed by atoms with E-state index in [4.69, 9.17) is 10.2 Å². The molecule has 1 heterocycles. The van der Waals surface area contributed by atoms with Crippen molar-refractivity contribution in [3.05, 3.63) is 78.6 Å². The highest BCUT2D eigenvalue weighted by Crippen LogP contribution is 2.17. The Morgan fingerprint density at radius 2 is 1.65 bits per heavy atom. The van der Waals surface area contributed by atoms with Crippen LogP contribution in [-0.2, 0) is 16.0 Å². The molecule has 134 valence electrons. The van der Waals surface area contributed by atoms with Gasteiger partial charge in [0, 0.05) is 22.8 Å². The van der Waals surface area contributed by atoms with Crippen molar-refractivity contribution in [2.24, 2.45) is 0 Å². The van der Waals surface area contributed by atoms with Crippen LogP contribution in [0, 0.1) is 0 Å². The zero-order valence-electron chi connectivity index (χ0n) is 14.1. The highest BCUT2D eigenvalue weighted by Gasteiger charge is 2.05. The van der Waals surface area contributed by atoms with Crippen LogP contribution in [0.1, 0.15) is 12.0 Å². The number of benzene rings is 2. The summed E-state index contributed by atoms with van der Waals surface area (Å²) in [6, 6.07) is 17.2. The Balaban J connectivity index is 0.000000187. The first-order chi connectivity index (χ1) is 12.6. The number of carboxylic acid groups (broad SMARTS) is 2. The molecule has 0 spiro atoms. The summed E-state index contributed by atoms with van der Waals surface area (Å²) in [6.45, 7) is 0. The first-order valence-corrected chi connectivity index (χ1v) is 8.01. The van der Waals surface area contributed by atoms with Crippen molar-refractivity contribution in [3.8, 4) is 0 Å². The summed E-state index contributed by atoms with van der Waals surface area (Å²) < 4.78 is 0. The van der Waals surface area contributed by atoms with Crippen LogP contribution in [0.25, 0.3) is 10.9 Å². The van der Waals surface area contributed by atoms with Gasteiger partial charge >= 0.3 is 11.9 Å². The normalized spacial score (nSPS) is 10.3. The lowest BCUT2D eigenvalue weighted by atomic mass is 10.1. The van der Waals surface area contributed by atoms with Crippen LogP contribution in [0.4, 0.5) is 5.69 Å². The van der Waals surface area contributed by atoms with Crippen LogP contribution < -0.4 is 5.32 Å². The summed E-state index contributed by atoms with van der Waals surface area (Å²) in [5.74, 6) is -1.63. The lowest BCUT2D eigenvalue weighted by Crippen LogP contribution is -1.98. The highest BCUT2D eigenvalue weighted by atomic mass is 16.4. The van der Waals surface area contributed by atoms with Crippen LogP contribution in [0.3, 0.4) is 0 Å². The average Bonchev–Trinajstić information content (AvgIpc) is 3.03. The van der Waals surface area contributed by atoms with E-state index in [0.29, 0.717) is 0 Å². The first-order valence-electron chi connectivity index (χ1n) is 8.01. The molecule has 0 saturated carbocycles. The molecular weight excluding hydrogens is 332 g/mol. The van der Waals surface area contributed by atoms with Gasteiger partial charge in [-0.1, -0.05) is 42.5 Å². The fourth-order valence-corrected chi connectivity index (χ4v) is 2.29. The maximum Gasteiger partial charge on any atom is 0.307 e. The Kier molecular flexibility index (Phi) is 7.00. The number of hydrogen-bond acceptors (Lipinski definition) is 3.